The number of amides is 2. The van der Waals surface area contributed by atoms with Gasteiger partial charge < -0.3 is 15.3 Å². The Balaban J connectivity index is 2.88. The zero-order chi connectivity index (χ0) is 14.6. The van der Waals surface area contributed by atoms with Crippen molar-refractivity contribution in [2.45, 2.75) is 19.4 Å². The topological polar surface area (TPSA) is 69.6 Å². The van der Waals surface area contributed by atoms with E-state index in [1.165, 1.54) is 19.2 Å². The van der Waals surface area contributed by atoms with Gasteiger partial charge in [0.25, 0.3) is 0 Å². The second kappa shape index (κ2) is 6.51. The third-order valence-corrected chi connectivity index (χ3v) is 3.32. The summed E-state index contributed by atoms with van der Waals surface area (Å²) in [5.74, 6) is -1.70. The Bertz CT molecular complexity index is 476. The van der Waals surface area contributed by atoms with Gasteiger partial charge in [-0.1, -0.05) is 13.0 Å². The summed E-state index contributed by atoms with van der Waals surface area (Å²) in [6.07, 6.45) is 0.262. The molecule has 0 aromatic heterocycles. The fourth-order valence-corrected chi connectivity index (χ4v) is 2.01. The van der Waals surface area contributed by atoms with Crippen LogP contribution in [0.5, 0.6) is 0 Å². The van der Waals surface area contributed by atoms with Crippen LogP contribution in [0.1, 0.15) is 13.3 Å². The number of carbonyl (C=O) groups is 2. The largest absolute Gasteiger partial charge is 0.480 e. The van der Waals surface area contributed by atoms with Gasteiger partial charge in [-0.15, -0.1) is 0 Å². The van der Waals surface area contributed by atoms with Crippen molar-refractivity contribution >= 4 is 33.6 Å². The van der Waals surface area contributed by atoms with Crippen LogP contribution in [0.2, 0.25) is 0 Å². The van der Waals surface area contributed by atoms with E-state index in [0.29, 0.717) is 4.47 Å². The Morgan fingerprint density at radius 1 is 1.53 bits per heavy atom. The highest BCUT2D eigenvalue weighted by molar-refractivity contribution is 9.10. The van der Waals surface area contributed by atoms with E-state index in [9.17, 15) is 14.0 Å². The lowest BCUT2D eigenvalue weighted by atomic mass is 10.2. The van der Waals surface area contributed by atoms with Crippen molar-refractivity contribution in [2.24, 2.45) is 0 Å². The maximum atomic E-state index is 13.5. The van der Waals surface area contributed by atoms with E-state index < -0.39 is 23.9 Å². The summed E-state index contributed by atoms with van der Waals surface area (Å²) in [4.78, 5) is 23.9. The maximum Gasteiger partial charge on any atom is 0.326 e. The van der Waals surface area contributed by atoms with Crippen LogP contribution in [0.3, 0.4) is 0 Å². The van der Waals surface area contributed by atoms with Crippen molar-refractivity contribution in [3.05, 3.63) is 28.5 Å². The first-order valence-corrected chi connectivity index (χ1v) is 6.38. The molecule has 0 bridgehead atoms. The minimum absolute atomic E-state index is 0.0143. The lowest BCUT2D eigenvalue weighted by Gasteiger charge is -2.24. The van der Waals surface area contributed by atoms with Gasteiger partial charge in [0.15, 0.2) is 0 Å². The number of urea groups is 1. The van der Waals surface area contributed by atoms with Gasteiger partial charge in [-0.2, -0.15) is 0 Å². The van der Waals surface area contributed by atoms with Crippen molar-refractivity contribution in [1.82, 2.24) is 4.90 Å². The van der Waals surface area contributed by atoms with E-state index in [0.717, 1.165) is 4.90 Å². The Kier molecular flexibility index (Phi) is 5.29. The van der Waals surface area contributed by atoms with Crippen molar-refractivity contribution in [3.8, 4) is 0 Å². The second-order valence-corrected chi connectivity index (χ2v) is 4.75. The molecule has 1 rings (SSSR count). The molecule has 0 aliphatic rings. The van der Waals surface area contributed by atoms with E-state index in [-0.39, 0.29) is 12.1 Å². The molecule has 19 heavy (non-hydrogen) atoms. The number of benzene rings is 1. The van der Waals surface area contributed by atoms with Crippen molar-refractivity contribution < 1.29 is 19.1 Å². The van der Waals surface area contributed by atoms with Crippen LogP contribution in [0.4, 0.5) is 14.9 Å². The zero-order valence-corrected chi connectivity index (χ0v) is 12.1. The van der Waals surface area contributed by atoms with Crippen LogP contribution in [0.15, 0.2) is 22.7 Å². The molecule has 0 saturated carbocycles. The molecule has 1 atom stereocenters. The lowest BCUT2D eigenvalue weighted by Crippen LogP contribution is -2.44. The smallest absolute Gasteiger partial charge is 0.326 e. The van der Waals surface area contributed by atoms with Crippen LogP contribution < -0.4 is 5.32 Å². The van der Waals surface area contributed by atoms with Gasteiger partial charge in [-0.05, 0) is 34.5 Å². The van der Waals surface area contributed by atoms with Gasteiger partial charge >= 0.3 is 12.0 Å². The van der Waals surface area contributed by atoms with Crippen molar-refractivity contribution in [1.29, 1.82) is 0 Å². The predicted octanol–water partition coefficient (Wildman–Crippen LogP) is 2.92. The molecule has 0 fully saturated rings. The fourth-order valence-electron chi connectivity index (χ4n) is 1.57. The number of carboxylic acid groups (broad SMARTS) is 1. The standard InChI is InChI=1S/C12H14BrFN2O3/c1-3-9(11(17)18)16(2)12(19)15-10-7(13)5-4-6-8(10)14/h4-6,9H,3H2,1-2H3,(H,15,19)(H,17,18). The first kappa shape index (κ1) is 15.4. The Hall–Kier alpha value is -1.63. The number of hydrogen-bond donors (Lipinski definition) is 2. The van der Waals surface area contributed by atoms with Gasteiger partial charge in [0.1, 0.15) is 11.9 Å². The van der Waals surface area contributed by atoms with Gasteiger partial charge in [-0.25, -0.2) is 14.0 Å². The van der Waals surface area contributed by atoms with Crippen LogP contribution >= 0.6 is 15.9 Å². The Morgan fingerprint density at radius 2 is 2.16 bits per heavy atom. The third kappa shape index (κ3) is 3.66. The number of halogens is 2. The molecule has 0 heterocycles. The minimum Gasteiger partial charge on any atom is -0.480 e. The summed E-state index contributed by atoms with van der Waals surface area (Å²) in [5.41, 5.74) is -0.0143. The molecule has 0 radical (unpaired) electrons. The Labute approximate surface area is 118 Å². The highest BCUT2D eigenvalue weighted by Crippen LogP contribution is 2.25. The molecule has 1 aromatic rings. The number of hydrogen-bond acceptors (Lipinski definition) is 2. The molecule has 1 unspecified atom stereocenters. The molecule has 0 spiro atoms. The van der Waals surface area contributed by atoms with Crippen molar-refractivity contribution in [3.63, 3.8) is 0 Å². The summed E-state index contributed by atoms with van der Waals surface area (Å²) in [6, 6.07) is 2.64. The molecule has 0 aliphatic heterocycles. The molecule has 2 N–H and O–H groups in total. The Morgan fingerprint density at radius 3 is 2.63 bits per heavy atom. The number of nitrogens with one attached hydrogen (secondary N) is 1. The molecular weight excluding hydrogens is 319 g/mol. The third-order valence-electron chi connectivity index (χ3n) is 2.65. The van der Waals surface area contributed by atoms with Crippen LogP contribution in [0.25, 0.3) is 0 Å². The van der Waals surface area contributed by atoms with E-state index in [1.54, 1.807) is 13.0 Å². The molecule has 104 valence electrons. The molecular formula is C12H14BrFN2O3. The minimum atomic E-state index is -1.10. The van der Waals surface area contributed by atoms with Gasteiger partial charge in [0.05, 0.1) is 5.69 Å². The normalized spacial score (nSPS) is 11.8. The monoisotopic (exact) mass is 332 g/mol. The number of para-hydroxylation sites is 1. The number of anilines is 1. The van der Waals surface area contributed by atoms with E-state index >= 15 is 0 Å². The van der Waals surface area contributed by atoms with Crippen molar-refractivity contribution in [2.75, 3.05) is 12.4 Å². The van der Waals surface area contributed by atoms with E-state index in [1.807, 2.05) is 0 Å². The maximum absolute atomic E-state index is 13.5. The van der Waals surface area contributed by atoms with E-state index in [4.69, 9.17) is 5.11 Å². The first-order chi connectivity index (χ1) is 8.88. The number of rotatable bonds is 4. The first-order valence-electron chi connectivity index (χ1n) is 5.59. The van der Waals surface area contributed by atoms with Gasteiger partial charge in [0.2, 0.25) is 0 Å². The second-order valence-electron chi connectivity index (χ2n) is 3.90. The molecule has 2 amide bonds. The van der Waals surface area contributed by atoms with Crippen LogP contribution in [-0.4, -0.2) is 35.1 Å². The van der Waals surface area contributed by atoms with Crippen LogP contribution in [-0.2, 0) is 4.79 Å². The molecule has 0 aliphatic carbocycles. The summed E-state index contributed by atoms with van der Waals surface area (Å²) < 4.78 is 13.9. The lowest BCUT2D eigenvalue weighted by molar-refractivity contribution is -0.141. The summed E-state index contributed by atoms with van der Waals surface area (Å²) in [7, 11) is 1.35. The predicted molar refractivity (Wildman–Crippen MR) is 72.6 cm³/mol. The molecule has 0 saturated heterocycles. The highest BCUT2D eigenvalue weighted by atomic mass is 79.9. The van der Waals surface area contributed by atoms with Gasteiger partial charge in [-0.3, -0.25) is 0 Å². The zero-order valence-electron chi connectivity index (χ0n) is 10.5. The number of likely N-dealkylation sites (N-methyl/N-ethyl adjacent to an activating group) is 1. The summed E-state index contributed by atoms with van der Waals surface area (Å²) in [6.45, 7) is 1.65. The quantitative estimate of drug-likeness (QED) is 0.890. The number of carboxylic acids is 1. The average Bonchev–Trinajstić information content (AvgIpc) is 2.34. The summed E-state index contributed by atoms with van der Waals surface area (Å²) >= 11 is 3.12. The average molecular weight is 333 g/mol. The number of carbonyl (C=O) groups excluding carboxylic acids is 1. The SMILES string of the molecule is CCC(C(=O)O)N(C)C(=O)Nc1c(F)cccc1Br. The molecule has 5 nitrogen and oxygen atoms in total. The van der Waals surface area contributed by atoms with Crippen LogP contribution in [0, 0.1) is 5.82 Å². The summed E-state index contributed by atoms with van der Waals surface area (Å²) in [5, 5.41) is 11.3. The number of aliphatic carboxylic acids is 1. The highest BCUT2D eigenvalue weighted by Gasteiger charge is 2.25. The fraction of sp³-hybridized carbons (Fsp3) is 0.333. The van der Waals surface area contributed by atoms with Gasteiger partial charge in [0, 0.05) is 11.5 Å². The molecule has 7 heteroatoms. The number of nitrogens with zero attached hydrogens (tertiary/aromatic N) is 1. The molecule has 1 aromatic carbocycles. The van der Waals surface area contributed by atoms with E-state index in [2.05, 4.69) is 21.2 Å².